The molecule has 2 aromatic carbocycles. The highest BCUT2D eigenvalue weighted by Gasteiger charge is 2.55. The third-order valence-electron chi connectivity index (χ3n) is 6.58. The summed E-state index contributed by atoms with van der Waals surface area (Å²) < 4.78 is 0. The number of carbonyl (C=O) groups is 2. The van der Waals surface area contributed by atoms with Crippen molar-refractivity contribution in [1.82, 2.24) is 10.2 Å². The number of nitrogens with zero attached hydrogens (tertiary/aromatic N) is 1. The van der Waals surface area contributed by atoms with Crippen LogP contribution >= 0.6 is 46.4 Å². The molecule has 1 heterocycles. The van der Waals surface area contributed by atoms with Crippen molar-refractivity contribution < 1.29 is 9.59 Å². The van der Waals surface area contributed by atoms with Crippen LogP contribution in [0.3, 0.4) is 0 Å². The molecule has 1 saturated heterocycles. The Bertz CT molecular complexity index is 1070. The first kappa shape index (κ1) is 24.6. The van der Waals surface area contributed by atoms with E-state index in [1.54, 1.807) is 41.3 Å². The van der Waals surface area contributed by atoms with E-state index in [2.05, 4.69) is 5.32 Å². The second-order valence-corrected chi connectivity index (χ2v) is 10.5. The van der Waals surface area contributed by atoms with Crippen LogP contribution < -0.4 is 11.1 Å². The minimum Gasteiger partial charge on any atom is -0.368 e. The smallest absolute Gasteiger partial charge is 0.240 e. The van der Waals surface area contributed by atoms with Crippen molar-refractivity contribution in [2.24, 2.45) is 5.73 Å². The fraction of sp³-hybridized carbons (Fsp3) is 0.417. The Morgan fingerprint density at radius 3 is 2.27 bits per heavy atom. The van der Waals surface area contributed by atoms with Crippen LogP contribution in [0.25, 0.3) is 0 Å². The fourth-order valence-electron chi connectivity index (χ4n) is 4.64. The summed E-state index contributed by atoms with van der Waals surface area (Å²) in [6.45, 7) is 1.26. The Balaban J connectivity index is 1.69. The molecule has 5 nitrogen and oxygen atoms in total. The van der Waals surface area contributed by atoms with Gasteiger partial charge in [0.25, 0.3) is 0 Å². The first-order valence-corrected chi connectivity index (χ1v) is 12.5. The van der Waals surface area contributed by atoms with Gasteiger partial charge in [-0.1, -0.05) is 58.5 Å². The van der Waals surface area contributed by atoms with E-state index in [4.69, 9.17) is 52.1 Å². The summed E-state index contributed by atoms with van der Waals surface area (Å²) in [6.07, 6.45) is 3.44. The van der Waals surface area contributed by atoms with Gasteiger partial charge in [-0.3, -0.25) is 9.59 Å². The highest BCUT2D eigenvalue weighted by molar-refractivity contribution is 6.35. The number of primary amides is 1. The average Bonchev–Trinajstić information content (AvgIpc) is 3.39. The van der Waals surface area contributed by atoms with Crippen molar-refractivity contribution in [2.45, 2.75) is 49.6 Å². The van der Waals surface area contributed by atoms with Gasteiger partial charge >= 0.3 is 0 Å². The van der Waals surface area contributed by atoms with E-state index < -0.39 is 17.4 Å². The third kappa shape index (κ3) is 5.28. The van der Waals surface area contributed by atoms with Gasteiger partial charge in [-0.15, -0.1) is 0 Å². The van der Waals surface area contributed by atoms with Crippen LogP contribution in [-0.4, -0.2) is 41.9 Å². The number of nitrogens with two attached hydrogens (primary N) is 1. The zero-order chi connectivity index (χ0) is 23.8. The summed E-state index contributed by atoms with van der Waals surface area (Å²) in [4.78, 5) is 28.4. The lowest BCUT2D eigenvalue weighted by molar-refractivity contribution is -0.141. The summed E-state index contributed by atoms with van der Waals surface area (Å²) in [6, 6.07) is 9.51. The molecule has 2 aliphatic rings. The summed E-state index contributed by atoms with van der Waals surface area (Å²) in [5, 5.41) is 5.30. The molecule has 2 aromatic rings. The van der Waals surface area contributed by atoms with E-state index in [1.807, 2.05) is 0 Å². The van der Waals surface area contributed by atoms with Gasteiger partial charge in [-0.05, 0) is 67.6 Å². The topological polar surface area (TPSA) is 75.4 Å². The number of rotatable bonds is 8. The Labute approximate surface area is 213 Å². The van der Waals surface area contributed by atoms with Crippen molar-refractivity contribution >= 4 is 58.2 Å². The lowest BCUT2D eigenvalue weighted by Gasteiger charge is -2.35. The number of amides is 2. The van der Waals surface area contributed by atoms with E-state index in [9.17, 15) is 9.59 Å². The predicted octanol–water partition coefficient (Wildman–Crippen LogP) is 5.01. The lowest BCUT2D eigenvalue weighted by Crippen LogP contribution is -2.55. The standard InChI is InChI=1S/C24H25Cl4N3O2/c25-15-4-3-14(19(27)11-15)10-21(22(29)32)31(13-17-2-1-9-30-17)23(33)24(7-8-24)18-6-5-16(26)12-20(18)28/h3-6,11-12,17,21,30H,1-2,7-10,13H2,(H2,29,32)/t17-,21-/m0/s1. The number of halogens is 4. The molecule has 2 fully saturated rings. The lowest BCUT2D eigenvalue weighted by atomic mass is 9.92. The maximum atomic E-state index is 14.1. The Hall–Kier alpha value is -1.50. The van der Waals surface area contributed by atoms with Gasteiger partial charge in [-0.25, -0.2) is 0 Å². The Morgan fingerprint density at radius 2 is 1.73 bits per heavy atom. The molecular weight excluding hydrogens is 504 g/mol. The minimum absolute atomic E-state index is 0.0907. The monoisotopic (exact) mass is 527 g/mol. The zero-order valence-electron chi connectivity index (χ0n) is 17.9. The molecule has 4 rings (SSSR count). The molecule has 0 radical (unpaired) electrons. The van der Waals surface area contributed by atoms with Crippen LogP contribution in [-0.2, 0) is 21.4 Å². The molecule has 9 heteroatoms. The molecule has 0 bridgehead atoms. The van der Waals surface area contributed by atoms with Crippen LogP contribution in [0, 0.1) is 0 Å². The van der Waals surface area contributed by atoms with E-state index >= 15 is 0 Å². The molecule has 1 saturated carbocycles. The van der Waals surface area contributed by atoms with E-state index in [0.29, 0.717) is 45.0 Å². The molecule has 176 valence electrons. The van der Waals surface area contributed by atoms with Crippen LogP contribution in [0.4, 0.5) is 0 Å². The van der Waals surface area contributed by atoms with Gasteiger partial charge < -0.3 is 16.0 Å². The van der Waals surface area contributed by atoms with Crippen molar-refractivity contribution in [1.29, 1.82) is 0 Å². The first-order chi connectivity index (χ1) is 15.7. The van der Waals surface area contributed by atoms with Crippen LogP contribution in [0.2, 0.25) is 20.1 Å². The minimum atomic E-state index is -0.859. The van der Waals surface area contributed by atoms with E-state index in [1.165, 1.54) is 0 Å². The molecule has 1 aliphatic carbocycles. The van der Waals surface area contributed by atoms with Gasteiger partial charge in [0.05, 0.1) is 5.41 Å². The van der Waals surface area contributed by atoms with Gasteiger partial charge in [0.2, 0.25) is 11.8 Å². The maximum absolute atomic E-state index is 14.1. The summed E-state index contributed by atoms with van der Waals surface area (Å²) >= 11 is 25.0. The maximum Gasteiger partial charge on any atom is 0.240 e. The fourth-order valence-corrected chi connectivity index (χ4v) is 5.71. The molecule has 0 spiro atoms. The van der Waals surface area contributed by atoms with Gasteiger partial charge in [0.15, 0.2) is 0 Å². The average molecular weight is 529 g/mol. The molecular formula is C24H25Cl4N3O2. The van der Waals surface area contributed by atoms with Crippen molar-refractivity contribution in [3.8, 4) is 0 Å². The predicted molar refractivity (Wildman–Crippen MR) is 133 cm³/mol. The largest absolute Gasteiger partial charge is 0.368 e. The van der Waals surface area contributed by atoms with E-state index in [-0.39, 0.29) is 18.4 Å². The van der Waals surface area contributed by atoms with Crippen LogP contribution in [0.1, 0.15) is 36.8 Å². The Kier molecular flexibility index (Phi) is 7.47. The second-order valence-electron chi connectivity index (χ2n) is 8.82. The van der Waals surface area contributed by atoms with Gasteiger partial charge in [0, 0.05) is 39.1 Å². The Morgan fingerprint density at radius 1 is 1.06 bits per heavy atom. The summed E-state index contributed by atoms with van der Waals surface area (Å²) in [5.41, 5.74) is 6.52. The molecule has 33 heavy (non-hydrogen) atoms. The number of hydrogen-bond acceptors (Lipinski definition) is 3. The van der Waals surface area contributed by atoms with Crippen molar-refractivity contribution in [2.75, 3.05) is 13.1 Å². The van der Waals surface area contributed by atoms with Gasteiger partial charge in [0.1, 0.15) is 6.04 Å². The third-order valence-corrected chi connectivity index (χ3v) is 7.71. The van der Waals surface area contributed by atoms with Crippen molar-refractivity contribution in [3.05, 3.63) is 67.6 Å². The zero-order valence-corrected chi connectivity index (χ0v) is 20.9. The molecule has 0 aromatic heterocycles. The first-order valence-electron chi connectivity index (χ1n) is 10.9. The number of hydrogen-bond donors (Lipinski definition) is 2. The highest BCUT2D eigenvalue weighted by Crippen LogP contribution is 2.52. The SMILES string of the molecule is NC(=O)[C@H](Cc1ccc(Cl)cc1Cl)N(C[C@@H]1CCCN1)C(=O)C1(c2ccc(Cl)cc2Cl)CC1. The molecule has 2 amide bonds. The van der Waals surface area contributed by atoms with Crippen LogP contribution in [0.5, 0.6) is 0 Å². The molecule has 2 atom stereocenters. The van der Waals surface area contributed by atoms with Crippen LogP contribution in [0.15, 0.2) is 36.4 Å². The molecule has 0 unspecified atom stereocenters. The normalized spacial score (nSPS) is 19.8. The molecule has 3 N–H and O–H groups in total. The number of nitrogens with one attached hydrogen (secondary N) is 1. The summed E-state index contributed by atoms with van der Waals surface area (Å²) in [5.74, 6) is -0.723. The number of carbonyl (C=O) groups excluding carboxylic acids is 2. The van der Waals surface area contributed by atoms with Crippen molar-refractivity contribution in [3.63, 3.8) is 0 Å². The van der Waals surface area contributed by atoms with Gasteiger partial charge in [-0.2, -0.15) is 0 Å². The van der Waals surface area contributed by atoms with E-state index in [0.717, 1.165) is 24.9 Å². The number of benzene rings is 2. The quantitative estimate of drug-likeness (QED) is 0.505. The molecule has 1 aliphatic heterocycles. The highest BCUT2D eigenvalue weighted by atomic mass is 35.5. The second kappa shape index (κ2) is 10.0. The summed E-state index contributed by atoms with van der Waals surface area (Å²) in [7, 11) is 0.